The van der Waals surface area contributed by atoms with Crippen LogP contribution in [0.15, 0.2) is 58.1 Å². The first-order valence-electron chi connectivity index (χ1n) is 10.3. The molecule has 1 unspecified atom stereocenters. The van der Waals surface area contributed by atoms with E-state index in [0.29, 0.717) is 18.4 Å². The van der Waals surface area contributed by atoms with Gasteiger partial charge in [0, 0.05) is 17.7 Å². The van der Waals surface area contributed by atoms with Gasteiger partial charge in [-0.05, 0) is 39.0 Å². The molecule has 3 rings (SSSR count). The van der Waals surface area contributed by atoms with Crippen molar-refractivity contribution in [1.29, 1.82) is 0 Å². The summed E-state index contributed by atoms with van der Waals surface area (Å²) in [6.07, 6.45) is 1.74. The summed E-state index contributed by atoms with van der Waals surface area (Å²) in [5, 5.41) is 6.67. The van der Waals surface area contributed by atoms with Crippen LogP contribution in [0.2, 0.25) is 0 Å². The lowest BCUT2D eigenvalue weighted by atomic mass is 10.1. The summed E-state index contributed by atoms with van der Waals surface area (Å²) in [6, 6.07) is 13.8. The van der Waals surface area contributed by atoms with Crippen LogP contribution in [0.25, 0.3) is 11.3 Å². The largest absolute Gasteiger partial charge is 0.497 e. The van der Waals surface area contributed by atoms with Crippen molar-refractivity contribution in [3.8, 4) is 22.8 Å². The van der Waals surface area contributed by atoms with E-state index in [1.165, 1.54) is 5.56 Å². The van der Waals surface area contributed by atoms with Crippen LogP contribution in [0.1, 0.15) is 36.9 Å². The summed E-state index contributed by atoms with van der Waals surface area (Å²) in [7, 11) is 3.31. The molecule has 31 heavy (non-hydrogen) atoms. The second kappa shape index (κ2) is 10.5. The van der Waals surface area contributed by atoms with Gasteiger partial charge in [-0.15, -0.1) is 0 Å². The van der Waals surface area contributed by atoms with Gasteiger partial charge < -0.3 is 24.5 Å². The number of rotatable bonds is 8. The first-order valence-corrected chi connectivity index (χ1v) is 10.3. The van der Waals surface area contributed by atoms with Crippen molar-refractivity contribution >= 4 is 5.96 Å². The molecule has 0 saturated heterocycles. The minimum atomic E-state index is -0.0597. The van der Waals surface area contributed by atoms with Gasteiger partial charge in [-0.3, -0.25) is 0 Å². The van der Waals surface area contributed by atoms with Crippen LogP contribution in [0.5, 0.6) is 11.5 Å². The third kappa shape index (κ3) is 5.78. The smallest absolute Gasteiger partial charge is 0.216 e. The number of hydrogen-bond acceptors (Lipinski definition) is 5. The van der Waals surface area contributed by atoms with Crippen molar-refractivity contribution in [1.82, 2.24) is 15.6 Å². The Morgan fingerprint density at radius 2 is 1.90 bits per heavy atom. The molecule has 1 atom stereocenters. The second-order valence-electron chi connectivity index (χ2n) is 7.15. The zero-order valence-corrected chi connectivity index (χ0v) is 18.7. The Morgan fingerprint density at radius 3 is 2.58 bits per heavy atom. The fourth-order valence-corrected chi connectivity index (χ4v) is 3.16. The van der Waals surface area contributed by atoms with Crippen LogP contribution in [0.4, 0.5) is 0 Å². The molecule has 0 radical (unpaired) electrons. The Kier molecular flexibility index (Phi) is 7.54. The monoisotopic (exact) mass is 422 g/mol. The van der Waals surface area contributed by atoms with Crippen molar-refractivity contribution < 1.29 is 13.9 Å². The molecule has 0 saturated carbocycles. The number of ether oxygens (including phenoxy) is 2. The van der Waals surface area contributed by atoms with Crippen LogP contribution >= 0.6 is 0 Å². The van der Waals surface area contributed by atoms with E-state index in [4.69, 9.17) is 13.9 Å². The van der Waals surface area contributed by atoms with Gasteiger partial charge in [-0.1, -0.05) is 29.8 Å². The van der Waals surface area contributed by atoms with E-state index in [1.54, 1.807) is 20.4 Å². The molecule has 0 fully saturated rings. The number of aryl methyl sites for hydroxylation is 1. The minimum absolute atomic E-state index is 0.0597. The first kappa shape index (κ1) is 22.2. The van der Waals surface area contributed by atoms with Crippen LogP contribution < -0.4 is 20.1 Å². The van der Waals surface area contributed by atoms with Crippen molar-refractivity contribution in [2.75, 3.05) is 20.8 Å². The van der Waals surface area contributed by atoms with Gasteiger partial charge >= 0.3 is 0 Å². The summed E-state index contributed by atoms with van der Waals surface area (Å²) in [5.74, 6) is 3.51. The number of guanidine groups is 1. The highest BCUT2D eigenvalue weighted by Gasteiger charge is 2.15. The Morgan fingerprint density at radius 1 is 1.13 bits per heavy atom. The maximum atomic E-state index is 5.88. The van der Waals surface area contributed by atoms with Gasteiger partial charge in [-0.25, -0.2) is 9.98 Å². The third-order valence-electron chi connectivity index (χ3n) is 4.86. The molecular weight excluding hydrogens is 392 g/mol. The van der Waals surface area contributed by atoms with E-state index in [9.17, 15) is 0 Å². The van der Waals surface area contributed by atoms with E-state index in [0.717, 1.165) is 34.9 Å². The molecular formula is C24H30N4O3. The minimum Gasteiger partial charge on any atom is -0.497 e. The maximum Gasteiger partial charge on any atom is 0.216 e. The summed E-state index contributed by atoms with van der Waals surface area (Å²) >= 11 is 0. The summed E-state index contributed by atoms with van der Waals surface area (Å²) in [5.41, 5.74) is 3.18. The lowest BCUT2D eigenvalue weighted by Crippen LogP contribution is -2.38. The van der Waals surface area contributed by atoms with Crippen LogP contribution in [-0.4, -0.2) is 31.7 Å². The predicted octanol–water partition coefficient (Wildman–Crippen LogP) is 4.48. The molecule has 0 aliphatic rings. The van der Waals surface area contributed by atoms with Crippen molar-refractivity contribution in [3.05, 3.63) is 65.7 Å². The van der Waals surface area contributed by atoms with E-state index < -0.39 is 0 Å². The van der Waals surface area contributed by atoms with Crippen molar-refractivity contribution in [2.45, 2.75) is 33.4 Å². The van der Waals surface area contributed by atoms with Crippen molar-refractivity contribution in [2.24, 2.45) is 4.99 Å². The second-order valence-corrected chi connectivity index (χ2v) is 7.15. The number of nitrogens with zero attached hydrogens (tertiary/aromatic N) is 2. The fraction of sp³-hybridized carbons (Fsp3) is 0.333. The topological polar surface area (TPSA) is 80.9 Å². The van der Waals surface area contributed by atoms with Gasteiger partial charge in [-0.2, -0.15) is 0 Å². The highest BCUT2D eigenvalue weighted by atomic mass is 16.5. The number of benzene rings is 2. The van der Waals surface area contributed by atoms with Crippen LogP contribution in [-0.2, 0) is 6.54 Å². The van der Waals surface area contributed by atoms with E-state index in [2.05, 4.69) is 39.7 Å². The molecule has 7 nitrogen and oxygen atoms in total. The average Bonchev–Trinajstić information content (AvgIpc) is 3.26. The van der Waals surface area contributed by atoms with E-state index in [1.807, 2.05) is 44.2 Å². The molecule has 3 aromatic rings. The van der Waals surface area contributed by atoms with Crippen LogP contribution in [0.3, 0.4) is 0 Å². The Bertz CT molecular complexity index is 1010. The van der Waals surface area contributed by atoms with E-state index in [-0.39, 0.29) is 6.04 Å². The highest BCUT2D eigenvalue weighted by Crippen LogP contribution is 2.29. The molecule has 0 aliphatic heterocycles. The molecule has 1 aromatic heterocycles. The molecule has 0 amide bonds. The molecule has 2 N–H and O–H groups in total. The Labute approximate surface area is 183 Å². The average molecular weight is 423 g/mol. The molecule has 0 spiro atoms. The molecule has 164 valence electrons. The highest BCUT2D eigenvalue weighted by molar-refractivity contribution is 5.80. The summed E-state index contributed by atoms with van der Waals surface area (Å²) in [6.45, 7) is 7.18. The first-order chi connectivity index (χ1) is 15.0. The summed E-state index contributed by atoms with van der Waals surface area (Å²) in [4.78, 5) is 9.00. The fourth-order valence-electron chi connectivity index (χ4n) is 3.16. The van der Waals surface area contributed by atoms with E-state index >= 15 is 0 Å². The molecule has 2 aromatic carbocycles. The van der Waals surface area contributed by atoms with Crippen LogP contribution in [0, 0.1) is 6.92 Å². The van der Waals surface area contributed by atoms with Gasteiger partial charge in [0.05, 0.1) is 26.5 Å². The quantitative estimate of drug-likeness (QED) is 0.411. The SMILES string of the molecule is CCNC(=NCc1ncc(-c2ccc(C)cc2)o1)NC(C)c1cc(OC)ccc1OC. The number of nitrogens with one attached hydrogen (secondary N) is 2. The molecule has 0 aliphatic carbocycles. The third-order valence-corrected chi connectivity index (χ3v) is 4.86. The molecule has 7 heteroatoms. The number of oxazole rings is 1. The number of aromatic nitrogens is 1. The van der Waals surface area contributed by atoms with Gasteiger partial charge in [0.2, 0.25) is 5.89 Å². The van der Waals surface area contributed by atoms with Gasteiger partial charge in [0.25, 0.3) is 0 Å². The van der Waals surface area contributed by atoms with Gasteiger partial charge in [0.1, 0.15) is 18.0 Å². The Hall–Kier alpha value is -3.48. The zero-order chi connectivity index (χ0) is 22.2. The number of hydrogen-bond donors (Lipinski definition) is 2. The molecule has 1 heterocycles. The number of aliphatic imine (C=N–C) groups is 1. The standard InChI is InChI=1S/C24H30N4O3/c1-6-25-24(28-17(3)20-13-19(29-4)11-12-21(20)30-5)27-15-23-26-14-22(31-23)18-9-7-16(2)8-10-18/h7-14,17H,6,15H2,1-5H3,(H2,25,27,28). The predicted molar refractivity (Wildman–Crippen MR) is 123 cm³/mol. The Balaban J connectivity index is 1.73. The molecule has 0 bridgehead atoms. The van der Waals surface area contributed by atoms with Crippen molar-refractivity contribution in [3.63, 3.8) is 0 Å². The van der Waals surface area contributed by atoms with Gasteiger partial charge in [0.15, 0.2) is 11.7 Å². The number of methoxy groups -OCH3 is 2. The maximum absolute atomic E-state index is 5.88. The lowest BCUT2D eigenvalue weighted by molar-refractivity contribution is 0.394. The summed E-state index contributed by atoms with van der Waals surface area (Å²) < 4.78 is 16.8. The zero-order valence-electron chi connectivity index (χ0n) is 18.7. The normalized spacial score (nSPS) is 12.4. The lowest BCUT2D eigenvalue weighted by Gasteiger charge is -2.20.